The van der Waals surface area contributed by atoms with Crippen molar-refractivity contribution in [3.8, 4) is 44.5 Å². The lowest BCUT2D eigenvalue weighted by Crippen LogP contribution is -1.97. The molecule has 0 N–H and O–H groups in total. The number of fused-ring (bicyclic) bond motifs is 2. The van der Waals surface area contributed by atoms with Gasteiger partial charge in [-0.1, -0.05) is 11.3 Å². The van der Waals surface area contributed by atoms with Gasteiger partial charge in [0, 0.05) is 41.5 Å². The summed E-state index contributed by atoms with van der Waals surface area (Å²) in [6, 6.07) is 9.37. The fourth-order valence-electron chi connectivity index (χ4n) is 3.72. The number of hydrogen-bond acceptors (Lipinski definition) is 10. The number of imidazole rings is 1. The first-order chi connectivity index (χ1) is 17.6. The van der Waals surface area contributed by atoms with Gasteiger partial charge in [-0.25, -0.2) is 15.0 Å². The van der Waals surface area contributed by atoms with Crippen molar-refractivity contribution in [3.05, 3.63) is 60.0 Å². The predicted molar refractivity (Wildman–Crippen MR) is 138 cm³/mol. The molecule has 0 aliphatic heterocycles. The zero-order chi connectivity index (χ0) is 24.6. The van der Waals surface area contributed by atoms with E-state index in [1.165, 1.54) is 22.7 Å². The van der Waals surface area contributed by atoms with E-state index < -0.39 is 0 Å². The molecule has 182 valence electrons. The van der Waals surface area contributed by atoms with Crippen LogP contribution in [0.25, 0.3) is 38.0 Å². The molecule has 0 saturated heterocycles. The molecule has 36 heavy (non-hydrogen) atoms. The van der Waals surface area contributed by atoms with Gasteiger partial charge in [0.2, 0.25) is 5.88 Å². The van der Waals surface area contributed by atoms with Crippen molar-refractivity contribution in [2.45, 2.75) is 6.61 Å². The second kappa shape index (κ2) is 9.17. The summed E-state index contributed by atoms with van der Waals surface area (Å²) in [5.74, 6) is 2.48. The van der Waals surface area contributed by atoms with E-state index in [1.807, 2.05) is 52.5 Å². The van der Waals surface area contributed by atoms with Crippen LogP contribution in [0, 0.1) is 0 Å². The van der Waals surface area contributed by atoms with Gasteiger partial charge < -0.3 is 23.4 Å². The van der Waals surface area contributed by atoms with E-state index >= 15 is 0 Å². The molecule has 0 spiro atoms. The molecular weight excluding hydrogens is 500 g/mol. The van der Waals surface area contributed by atoms with Crippen molar-refractivity contribution >= 4 is 38.6 Å². The monoisotopic (exact) mass is 520 g/mol. The highest BCUT2D eigenvalue weighted by molar-refractivity contribution is 7.18. The summed E-state index contributed by atoms with van der Waals surface area (Å²) in [6.07, 6.45) is 5.55. The molecule has 0 saturated carbocycles. The molecule has 0 aliphatic rings. The first kappa shape index (κ1) is 22.4. The van der Waals surface area contributed by atoms with Gasteiger partial charge in [-0.2, -0.15) is 0 Å². The number of rotatable bonds is 8. The van der Waals surface area contributed by atoms with Gasteiger partial charge in [0.25, 0.3) is 0 Å². The number of thiazole rings is 2. The van der Waals surface area contributed by atoms with Crippen molar-refractivity contribution in [1.82, 2.24) is 19.4 Å². The molecule has 0 atom stereocenters. The Hall–Kier alpha value is -4.09. The van der Waals surface area contributed by atoms with Gasteiger partial charge in [-0.15, -0.1) is 11.3 Å². The van der Waals surface area contributed by atoms with Crippen molar-refractivity contribution in [2.24, 2.45) is 0 Å². The van der Waals surface area contributed by atoms with Crippen LogP contribution in [-0.2, 0) is 6.61 Å². The molecule has 1 aromatic carbocycles. The summed E-state index contributed by atoms with van der Waals surface area (Å²) < 4.78 is 30.1. The molecule has 0 amide bonds. The molecule has 0 aliphatic carbocycles. The minimum absolute atomic E-state index is 0.295. The van der Waals surface area contributed by atoms with Gasteiger partial charge in [0.05, 0.1) is 38.6 Å². The van der Waals surface area contributed by atoms with Crippen LogP contribution in [0.2, 0.25) is 0 Å². The van der Waals surface area contributed by atoms with Gasteiger partial charge in [0.15, 0.2) is 15.8 Å². The van der Waals surface area contributed by atoms with E-state index in [0.717, 1.165) is 37.4 Å². The third-order valence-electron chi connectivity index (χ3n) is 5.52. The lowest BCUT2D eigenvalue weighted by Gasteiger charge is -2.08. The lowest BCUT2D eigenvalue weighted by molar-refractivity contribution is 0.303. The molecule has 9 nitrogen and oxygen atoms in total. The number of hydrogen-bond donors (Lipinski definition) is 0. The Bertz CT molecular complexity index is 1630. The quantitative estimate of drug-likeness (QED) is 0.244. The largest absolute Gasteiger partial charge is 0.496 e. The predicted octanol–water partition coefficient (Wildman–Crippen LogP) is 5.93. The van der Waals surface area contributed by atoms with E-state index in [2.05, 4.69) is 9.97 Å². The maximum Gasteiger partial charge on any atom is 0.212 e. The van der Waals surface area contributed by atoms with E-state index in [1.54, 1.807) is 27.5 Å². The molecule has 0 fully saturated rings. The van der Waals surface area contributed by atoms with Crippen LogP contribution < -0.4 is 18.9 Å². The molecular formula is C25H20N4O5S2. The summed E-state index contributed by atoms with van der Waals surface area (Å²) in [4.78, 5) is 14.4. The Morgan fingerprint density at radius 1 is 1.00 bits per heavy atom. The standard InChI is InChI=1S/C25H20N4O5S2/c1-30-16-6-19(33-12-15-13-35-24(27-15)14-4-5-22(31-2)26-9-14)17-8-21(34-20(17)7-16)18-10-29-11-23(32-3)36-25(29)28-18/h4-11,13H,12H2,1-3H3. The first-order valence-corrected chi connectivity index (χ1v) is 12.5. The molecule has 6 rings (SSSR count). The zero-order valence-electron chi connectivity index (χ0n) is 19.5. The maximum absolute atomic E-state index is 6.19. The third kappa shape index (κ3) is 4.12. The Morgan fingerprint density at radius 2 is 1.92 bits per heavy atom. The van der Waals surface area contributed by atoms with Crippen LogP contribution in [0.5, 0.6) is 22.4 Å². The second-order valence-corrected chi connectivity index (χ2v) is 9.57. The fourth-order valence-corrected chi connectivity index (χ4v) is 5.30. The number of benzene rings is 1. The molecule has 0 radical (unpaired) electrons. The van der Waals surface area contributed by atoms with Crippen LogP contribution in [0.15, 0.2) is 58.7 Å². The topological polar surface area (TPSA) is 93.1 Å². The van der Waals surface area contributed by atoms with E-state index in [-0.39, 0.29) is 0 Å². The Morgan fingerprint density at radius 3 is 2.67 bits per heavy atom. The molecule has 5 heterocycles. The Kier molecular flexibility index (Phi) is 5.70. The van der Waals surface area contributed by atoms with Crippen molar-refractivity contribution in [1.29, 1.82) is 0 Å². The Labute approximate surface area is 213 Å². The van der Waals surface area contributed by atoms with Gasteiger partial charge >= 0.3 is 0 Å². The molecule has 0 unspecified atom stereocenters. The fraction of sp³-hybridized carbons (Fsp3) is 0.160. The van der Waals surface area contributed by atoms with Crippen LogP contribution in [0.1, 0.15) is 5.69 Å². The van der Waals surface area contributed by atoms with Crippen LogP contribution in [-0.4, -0.2) is 40.7 Å². The van der Waals surface area contributed by atoms with E-state index in [9.17, 15) is 0 Å². The highest BCUT2D eigenvalue weighted by atomic mass is 32.1. The highest BCUT2D eigenvalue weighted by Crippen LogP contribution is 2.38. The SMILES string of the molecule is COc1cc(OCc2csc(-c3ccc(OC)nc3)n2)c2cc(-c3cn4cc(OC)sc4n3)oc2c1. The van der Waals surface area contributed by atoms with Crippen molar-refractivity contribution in [2.75, 3.05) is 21.3 Å². The van der Waals surface area contributed by atoms with Crippen molar-refractivity contribution in [3.63, 3.8) is 0 Å². The average Bonchev–Trinajstić information content (AvgIpc) is 3.69. The summed E-state index contributed by atoms with van der Waals surface area (Å²) in [6.45, 7) is 0.295. The molecule has 6 aromatic rings. The third-order valence-corrected chi connectivity index (χ3v) is 7.41. The summed E-state index contributed by atoms with van der Waals surface area (Å²) in [5.41, 5.74) is 3.11. The second-order valence-electron chi connectivity index (χ2n) is 7.74. The van der Waals surface area contributed by atoms with Crippen LogP contribution in [0.3, 0.4) is 0 Å². The summed E-state index contributed by atoms with van der Waals surface area (Å²) in [5, 5.41) is 4.46. The number of ether oxygens (including phenoxy) is 4. The van der Waals surface area contributed by atoms with E-state index in [4.69, 9.17) is 28.3 Å². The smallest absolute Gasteiger partial charge is 0.212 e. The molecule has 11 heteroatoms. The summed E-state index contributed by atoms with van der Waals surface area (Å²) >= 11 is 3.00. The van der Waals surface area contributed by atoms with Gasteiger partial charge in [0.1, 0.15) is 34.4 Å². The number of methoxy groups -OCH3 is 3. The zero-order valence-corrected chi connectivity index (χ0v) is 21.2. The molecule has 0 bridgehead atoms. The number of aromatic nitrogens is 4. The Balaban J connectivity index is 1.27. The van der Waals surface area contributed by atoms with Gasteiger partial charge in [-0.3, -0.25) is 4.40 Å². The summed E-state index contributed by atoms with van der Waals surface area (Å²) in [7, 11) is 4.85. The van der Waals surface area contributed by atoms with Crippen LogP contribution >= 0.6 is 22.7 Å². The number of pyridine rings is 1. The number of nitrogens with zero attached hydrogens (tertiary/aromatic N) is 4. The highest BCUT2D eigenvalue weighted by Gasteiger charge is 2.17. The maximum atomic E-state index is 6.19. The normalized spacial score (nSPS) is 11.3. The lowest BCUT2D eigenvalue weighted by atomic mass is 10.2. The minimum atomic E-state index is 0.295. The first-order valence-electron chi connectivity index (χ1n) is 10.9. The number of furan rings is 1. The van der Waals surface area contributed by atoms with Crippen LogP contribution in [0.4, 0.5) is 0 Å². The van der Waals surface area contributed by atoms with E-state index in [0.29, 0.717) is 35.3 Å². The minimum Gasteiger partial charge on any atom is -0.496 e. The van der Waals surface area contributed by atoms with Gasteiger partial charge in [-0.05, 0) is 12.1 Å². The average molecular weight is 521 g/mol. The van der Waals surface area contributed by atoms with Crippen molar-refractivity contribution < 1.29 is 23.4 Å². The molecule has 5 aromatic heterocycles.